The van der Waals surface area contributed by atoms with E-state index in [1.165, 1.54) is 0 Å². The normalized spacial score (nSPS) is 45.8. The van der Waals surface area contributed by atoms with Crippen LogP contribution in [0.3, 0.4) is 0 Å². The summed E-state index contributed by atoms with van der Waals surface area (Å²) in [5, 5.41) is 48.2. The summed E-state index contributed by atoms with van der Waals surface area (Å²) < 4.78 is 5.19. The van der Waals surface area contributed by atoms with Crippen molar-refractivity contribution in [2.75, 3.05) is 6.61 Å². The summed E-state index contributed by atoms with van der Waals surface area (Å²) in [6.45, 7) is 4.75. The molecule has 0 saturated carbocycles. The topological polar surface area (TPSA) is 110 Å². The maximum Gasteiger partial charge on any atom is 0.176 e. The third-order valence-electron chi connectivity index (χ3n) is 3.04. The first-order chi connectivity index (χ1) is 7.15. The SMILES string of the molecule is C[Si](C)(C)C1(O)O[C@H](CO)[C@@H](O)[C@H](O)[C@H]1O. The Labute approximate surface area is 95.1 Å². The summed E-state index contributed by atoms with van der Waals surface area (Å²) in [4.78, 5) is 0. The molecular formula is C9H20O6Si. The van der Waals surface area contributed by atoms with Crippen molar-refractivity contribution in [3.8, 4) is 0 Å². The Balaban J connectivity index is 3.04. The standard InChI is InChI=1S/C9H20O6Si/c1-16(2,3)9(14)8(13)7(12)6(11)5(4-10)15-9/h5-8,10-14H,4H2,1-3H3/t5-,6-,7+,8-,9?/m1/s1. The molecule has 0 radical (unpaired) electrons. The third-order valence-corrected chi connectivity index (χ3v) is 5.60. The zero-order chi connectivity index (χ0) is 12.7. The van der Waals surface area contributed by atoms with Gasteiger partial charge in [0.15, 0.2) is 5.41 Å². The van der Waals surface area contributed by atoms with Crippen LogP contribution in [0.5, 0.6) is 0 Å². The maximum absolute atomic E-state index is 10.3. The van der Waals surface area contributed by atoms with E-state index in [9.17, 15) is 20.4 Å². The number of ether oxygens (including phenoxy) is 1. The van der Waals surface area contributed by atoms with Crippen LogP contribution in [0.2, 0.25) is 19.6 Å². The molecule has 0 aromatic heterocycles. The average molecular weight is 252 g/mol. The van der Waals surface area contributed by atoms with Crippen LogP contribution in [0, 0.1) is 0 Å². The van der Waals surface area contributed by atoms with Crippen LogP contribution in [-0.2, 0) is 4.74 Å². The largest absolute Gasteiger partial charge is 0.394 e. The molecule has 1 saturated heterocycles. The number of hydrogen-bond donors (Lipinski definition) is 5. The van der Waals surface area contributed by atoms with E-state index in [1.807, 2.05) is 0 Å². The molecule has 0 aliphatic carbocycles. The molecule has 0 aromatic rings. The van der Waals surface area contributed by atoms with Gasteiger partial charge < -0.3 is 30.3 Å². The van der Waals surface area contributed by atoms with Crippen molar-refractivity contribution in [1.82, 2.24) is 0 Å². The molecule has 5 atom stereocenters. The van der Waals surface area contributed by atoms with Gasteiger partial charge in [-0.2, -0.15) is 0 Å². The van der Waals surface area contributed by atoms with Crippen LogP contribution >= 0.6 is 0 Å². The van der Waals surface area contributed by atoms with Gasteiger partial charge in [-0.15, -0.1) is 0 Å². The lowest BCUT2D eigenvalue weighted by atomic mass is 9.99. The molecule has 1 aliphatic heterocycles. The monoisotopic (exact) mass is 252 g/mol. The Morgan fingerprint density at radius 3 is 2.00 bits per heavy atom. The first kappa shape index (κ1) is 14.0. The van der Waals surface area contributed by atoms with Crippen molar-refractivity contribution >= 4 is 8.07 Å². The minimum Gasteiger partial charge on any atom is -0.394 e. The fourth-order valence-corrected chi connectivity index (χ4v) is 3.34. The van der Waals surface area contributed by atoms with Crippen molar-refractivity contribution < 1.29 is 30.3 Å². The van der Waals surface area contributed by atoms with Crippen LogP contribution < -0.4 is 0 Å². The molecule has 7 heteroatoms. The Bertz CT molecular complexity index is 253. The van der Waals surface area contributed by atoms with Gasteiger partial charge in [-0.1, -0.05) is 19.6 Å². The van der Waals surface area contributed by atoms with Gasteiger partial charge in [0.2, 0.25) is 0 Å². The zero-order valence-electron chi connectivity index (χ0n) is 9.66. The van der Waals surface area contributed by atoms with Crippen LogP contribution in [0.15, 0.2) is 0 Å². The molecule has 16 heavy (non-hydrogen) atoms. The predicted octanol–water partition coefficient (Wildman–Crippen LogP) is -1.97. The lowest BCUT2D eigenvalue weighted by Crippen LogP contribution is -2.73. The van der Waals surface area contributed by atoms with Crippen LogP contribution in [0.1, 0.15) is 0 Å². The molecule has 0 aromatic carbocycles. The fourth-order valence-electron chi connectivity index (χ4n) is 1.77. The highest BCUT2D eigenvalue weighted by atomic mass is 28.3. The summed E-state index contributed by atoms with van der Waals surface area (Å²) >= 11 is 0. The first-order valence-corrected chi connectivity index (χ1v) is 8.70. The predicted molar refractivity (Wildman–Crippen MR) is 58.3 cm³/mol. The van der Waals surface area contributed by atoms with Gasteiger partial charge >= 0.3 is 0 Å². The van der Waals surface area contributed by atoms with E-state index in [1.54, 1.807) is 19.6 Å². The summed E-state index contributed by atoms with van der Waals surface area (Å²) in [7, 11) is -2.37. The van der Waals surface area contributed by atoms with Gasteiger partial charge in [0.1, 0.15) is 32.5 Å². The molecule has 1 unspecified atom stereocenters. The molecule has 0 amide bonds. The molecule has 1 aliphatic rings. The number of aliphatic hydroxyl groups is 5. The van der Waals surface area contributed by atoms with Crippen molar-refractivity contribution in [2.24, 2.45) is 0 Å². The summed E-state index contributed by atoms with van der Waals surface area (Å²) in [6, 6.07) is 0. The quantitative estimate of drug-likeness (QED) is 0.365. The maximum atomic E-state index is 10.3. The van der Waals surface area contributed by atoms with Gasteiger partial charge in [-0.3, -0.25) is 0 Å². The van der Waals surface area contributed by atoms with E-state index in [0.717, 1.165) is 0 Å². The highest BCUT2D eigenvalue weighted by molar-refractivity contribution is 6.78. The van der Waals surface area contributed by atoms with E-state index in [4.69, 9.17) is 9.84 Å². The zero-order valence-corrected chi connectivity index (χ0v) is 10.7. The lowest BCUT2D eigenvalue weighted by Gasteiger charge is -2.50. The number of rotatable bonds is 2. The van der Waals surface area contributed by atoms with E-state index < -0.39 is 44.5 Å². The Morgan fingerprint density at radius 1 is 1.12 bits per heavy atom. The van der Waals surface area contributed by atoms with Gasteiger partial charge in [-0.05, 0) is 0 Å². The fraction of sp³-hybridized carbons (Fsp3) is 1.00. The third kappa shape index (κ3) is 2.04. The molecule has 1 fully saturated rings. The van der Waals surface area contributed by atoms with Crippen molar-refractivity contribution in [2.45, 2.75) is 49.5 Å². The summed E-state index contributed by atoms with van der Waals surface area (Å²) in [6.07, 6.45) is -5.59. The van der Waals surface area contributed by atoms with Gasteiger partial charge in [0.25, 0.3) is 0 Å². The Morgan fingerprint density at radius 2 is 1.62 bits per heavy atom. The number of hydrogen-bond acceptors (Lipinski definition) is 6. The van der Waals surface area contributed by atoms with Gasteiger partial charge in [0.05, 0.1) is 6.61 Å². The van der Waals surface area contributed by atoms with E-state index >= 15 is 0 Å². The Hall–Kier alpha value is -0.0231. The van der Waals surface area contributed by atoms with Crippen LogP contribution in [0.25, 0.3) is 0 Å². The Kier molecular flexibility index (Phi) is 3.80. The van der Waals surface area contributed by atoms with E-state index in [-0.39, 0.29) is 0 Å². The second kappa shape index (κ2) is 4.34. The molecule has 1 heterocycles. The van der Waals surface area contributed by atoms with E-state index in [0.29, 0.717) is 0 Å². The molecule has 5 N–H and O–H groups in total. The molecule has 0 bridgehead atoms. The van der Waals surface area contributed by atoms with Crippen LogP contribution in [-0.4, -0.2) is 70.0 Å². The molecule has 96 valence electrons. The average Bonchev–Trinajstić information content (AvgIpc) is 2.19. The minimum absolute atomic E-state index is 0.530. The highest BCUT2D eigenvalue weighted by Crippen LogP contribution is 2.34. The van der Waals surface area contributed by atoms with E-state index in [2.05, 4.69) is 0 Å². The second-order valence-corrected chi connectivity index (χ2v) is 10.4. The summed E-state index contributed by atoms with van der Waals surface area (Å²) in [5.74, 6) is 0. The molecule has 0 spiro atoms. The lowest BCUT2D eigenvalue weighted by molar-refractivity contribution is -0.315. The van der Waals surface area contributed by atoms with Gasteiger partial charge in [0, 0.05) is 0 Å². The highest BCUT2D eigenvalue weighted by Gasteiger charge is 2.58. The smallest absolute Gasteiger partial charge is 0.176 e. The van der Waals surface area contributed by atoms with Crippen molar-refractivity contribution in [3.63, 3.8) is 0 Å². The number of aliphatic hydroxyl groups excluding tert-OH is 4. The molecule has 1 rings (SSSR count). The van der Waals surface area contributed by atoms with Gasteiger partial charge in [-0.25, -0.2) is 0 Å². The van der Waals surface area contributed by atoms with Crippen molar-refractivity contribution in [3.05, 3.63) is 0 Å². The van der Waals surface area contributed by atoms with Crippen molar-refractivity contribution in [1.29, 1.82) is 0 Å². The second-order valence-electron chi connectivity index (χ2n) is 5.21. The van der Waals surface area contributed by atoms with Crippen LogP contribution in [0.4, 0.5) is 0 Å². The summed E-state index contributed by atoms with van der Waals surface area (Å²) in [5.41, 5.74) is -1.88. The minimum atomic E-state index is -2.37. The molecular weight excluding hydrogens is 232 g/mol. The first-order valence-electron chi connectivity index (χ1n) is 5.20. The molecule has 6 nitrogen and oxygen atoms in total.